The first-order valence-corrected chi connectivity index (χ1v) is 7.27. The summed E-state index contributed by atoms with van der Waals surface area (Å²) in [6.45, 7) is 5.78. The molecule has 0 spiro atoms. The molecule has 0 aromatic heterocycles. The molecule has 2 saturated heterocycles. The number of rotatable bonds is 0. The van der Waals surface area contributed by atoms with E-state index in [1.54, 1.807) is 6.92 Å². The minimum Gasteiger partial charge on any atom is -0.426 e. The highest BCUT2D eigenvalue weighted by molar-refractivity contribution is 5.92. The second-order valence-corrected chi connectivity index (χ2v) is 7.04. The number of fused-ring (bicyclic) bond motifs is 3. The van der Waals surface area contributed by atoms with Gasteiger partial charge in [0.1, 0.15) is 0 Å². The SMILES string of the molecule is CC1=C2CC3OC3(C)CCC3OC3(C)CC2(O)OC1=O. The maximum atomic E-state index is 11.8. The lowest BCUT2D eigenvalue weighted by atomic mass is 9.83. The molecule has 5 heteroatoms. The van der Waals surface area contributed by atoms with E-state index in [9.17, 15) is 9.90 Å². The molecule has 0 aromatic rings. The molecule has 5 unspecified atom stereocenters. The number of epoxide rings is 2. The smallest absolute Gasteiger partial charge is 0.336 e. The predicted octanol–water partition coefficient (Wildman–Crippen LogP) is 1.44. The third-order valence-electron chi connectivity index (χ3n) is 5.45. The van der Waals surface area contributed by atoms with Gasteiger partial charge in [-0.25, -0.2) is 4.79 Å². The van der Waals surface area contributed by atoms with Crippen LogP contribution in [0.4, 0.5) is 0 Å². The van der Waals surface area contributed by atoms with Crippen molar-refractivity contribution in [3.05, 3.63) is 11.1 Å². The van der Waals surface area contributed by atoms with E-state index in [2.05, 4.69) is 6.92 Å². The average Bonchev–Trinajstić information content (AvgIpc) is 3.16. The van der Waals surface area contributed by atoms with Crippen LogP contribution in [0.2, 0.25) is 0 Å². The topological polar surface area (TPSA) is 71.6 Å². The number of hydrogen-bond acceptors (Lipinski definition) is 5. The predicted molar refractivity (Wildman–Crippen MR) is 68.8 cm³/mol. The van der Waals surface area contributed by atoms with Crippen molar-refractivity contribution in [2.45, 2.75) is 75.7 Å². The Morgan fingerprint density at radius 3 is 2.65 bits per heavy atom. The van der Waals surface area contributed by atoms with Gasteiger partial charge in [0.05, 0.1) is 23.4 Å². The van der Waals surface area contributed by atoms with Crippen molar-refractivity contribution < 1.29 is 24.1 Å². The van der Waals surface area contributed by atoms with Crippen LogP contribution in [0.15, 0.2) is 11.1 Å². The number of esters is 1. The third-order valence-corrected chi connectivity index (χ3v) is 5.45. The minimum absolute atomic E-state index is 0.0663. The fourth-order valence-electron chi connectivity index (χ4n) is 3.82. The van der Waals surface area contributed by atoms with E-state index in [-0.39, 0.29) is 17.8 Å². The molecular weight excluding hydrogens is 260 g/mol. The Balaban J connectivity index is 1.72. The monoisotopic (exact) mass is 280 g/mol. The van der Waals surface area contributed by atoms with Crippen LogP contribution in [-0.2, 0) is 19.0 Å². The summed E-state index contributed by atoms with van der Waals surface area (Å²) in [6, 6.07) is 0. The van der Waals surface area contributed by atoms with E-state index in [1.165, 1.54) is 0 Å². The van der Waals surface area contributed by atoms with E-state index in [1.807, 2.05) is 6.92 Å². The zero-order valence-corrected chi connectivity index (χ0v) is 12.1. The minimum atomic E-state index is -1.52. The summed E-state index contributed by atoms with van der Waals surface area (Å²) in [5.74, 6) is -1.94. The lowest BCUT2D eigenvalue weighted by Gasteiger charge is -2.27. The number of ether oxygens (including phenoxy) is 3. The van der Waals surface area contributed by atoms with Crippen LogP contribution in [0.3, 0.4) is 0 Å². The first-order chi connectivity index (χ1) is 9.26. The number of carbonyl (C=O) groups excluding carboxylic acids is 1. The van der Waals surface area contributed by atoms with E-state index in [0.29, 0.717) is 24.0 Å². The summed E-state index contributed by atoms with van der Waals surface area (Å²) in [7, 11) is 0. The maximum Gasteiger partial charge on any atom is 0.336 e. The van der Waals surface area contributed by atoms with Gasteiger partial charge in [0.2, 0.25) is 5.79 Å². The van der Waals surface area contributed by atoms with Crippen molar-refractivity contribution in [1.29, 1.82) is 0 Å². The first-order valence-electron chi connectivity index (χ1n) is 7.27. The molecule has 0 amide bonds. The van der Waals surface area contributed by atoms with E-state index < -0.39 is 17.4 Å². The highest BCUT2D eigenvalue weighted by Crippen LogP contribution is 2.55. The van der Waals surface area contributed by atoms with Crippen molar-refractivity contribution in [2.24, 2.45) is 0 Å². The van der Waals surface area contributed by atoms with Gasteiger partial charge in [-0.1, -0.05) is 0 Å². The van der Waals surface area contributed by atoms with Gasteiger partial charge in [-0.15, -0.1) is 0 Å². The number of aliphatic hydroxyl groups is 1. The number of hydrogen-bond donors (Lipinski definition) is 1. The second kappa shape index (κ2) is 3.46. The molecule has 0 radical (unpaired) electrons. The molecular formula is C15H20O5. The standard InChI is InChI=1S/C15H20O5/c1-8-9-6-11-13(2,19-11)5-4-10-14(3,18-10)7-15(9,17)20-12(8)16/h10-11,17H,4-7H2,1-3H3. The lowest BCUT2D eigenvalue weighted by Crippen LogP contribution is -2.38. The molecule has 3 aliphatic heterocycles. The zero-order chi connectivity index (χ0) is 14.3. The molecule has 3 heterocycles. The molecule has 5 nitrogen and oxygen atoms in total. The van der Waals surface area contributed by atoms with Gasteiger partial charge >= 0.3 is 5.97 Å². The van der Waals surface area contributed by atoms with E-state index >= 15 is 0 Å². The molecule has 1 aliphatic carbocycles. The van der Waals surface area contributed by atoms with Gasteiger partial charge in [-0.3, -0.25) is 0 Å². The summed E-state index contributed by atoms with van der Waals surface area (Å²) in [5.41, 5.74) is 0.646. The van der Waals surface area contributed by atoms with Gasteiger partial charge < -0.3 is 19.3 Å². The summed E-state index contributed by atoms with van der Waals surface area (Å²) >= 11 is 0. The Morgan fingerprint density at radius 1 is 1.20 bits per heavy atom. The summed E-state index contributed by atoms with van der Waals surface area (Å²) < 4.78 is 16.8. The number of carbonyl (C=O) groups is 1. The van der Waals surface area contributed by atoms with Gasteiger partial charge in [-0.2, -0.15) is 0 Å². The molecule has 0 bridgehead atoms. The Hall–Kier alpha value is -0.910. The molecule has 5 atom stereocenters. The Labute approximate surface area is 117 Å². The highest BCUT2D eigenvalue weighted by atomic mass is 16.7. The van der Waals surface area contributed by atoms with Crippen molar-refractivity contribution in [3.8, 4) is 0 Å². The van der Waals surface area contributed by atoms with Gasteiger partial charge in [-0.05, 0) is 33.6 Å². The Bertz CT molecular complexity index is 540. The molecule has 3 fully saturated rings. The summed E-state index contributed by atoms with van der Waals surface area (Å²) in [6.07, 6.45) is 2.93. The van der Waals surface area contributed by atoms with Crippen LogP contribution in [0.5, 0.6) is 0 Å². The molecule has 1 N–H and O–H groups in total. The summed E-state index contributed by atoms with van der Waals surface area (Å²) in [5, 5.41) is 10.8. The van der Waals surface area contributed by atoms with Crippen molar-refractivity contribution in [1.82, 2.24) is 0 Å². The van der Waals surface area contributed by atoms with Crippen molar-refractivity contribution in [3.63, 3.8) is 0 Å². The Kier molecular flexibility index (Phi) is 2.21. The molecule has 4 aliphatic rings. The Morgan fingerprint density at radius 2 is 1.90 bits per heavy atom. The highest BCUT2D eigenvalue weighted by Gasteiger charge is 2.64. The fourth-order valence-corrected chi connectivity index (χ4v) is 3.82. The second-order valence-electron chi connectivity index (χ2n) is 7.04. The van der Waals surface area contributed by atoms with Gasteiger partial charge in [0, 0.05) is 24.0 Å². The van der Waals surface area contributed by atoms with E-state index in [0.717, 1.165) is 12.8 Å². The van der Waals surface area contributed by atoms with Crippen molar-refractivity contribution >= 4 is 5.97 Å². The molecule has 20 heavy (non-hydrogen) atoms. The van der Waals surface area contributed by atoms with Crippen LogP contribution in [0, 0.1) is 0 Å². The van der Waals surface area contributed by atoms with Crippen LogP contribution >= 0.6 is 0 Å². The molecule has 0 aromatic carbocycles. The zero-order valence-electron chi connectivity index (χ0n) is 12.1. The van der Waals surface area contributed by atoms with Crippen LogP contribution < -0.4 is 0 Å². The molecule has 1 saturated carbocycles. The molecule has 4 rings (SSSR count). The van der Waals surface area contributed by atoms with Gasteiger partial charge in [0.25, 0.3) is 0 Å². The van der Waals surface area contributed by atoms with Crippen LogP contribution in [-0.4, -0.2) is 40.3 Å². The van der Waals surface area contributed by atoms with Gasteiger partial charge in [0.15, 0.2) is 0 Å². The lowest BCUT2D eigenvalue weighted by molar-refractivity contribution is -0.188. The normalized spacial score (nSPS) is 53.7. The fraction of sp³-hybridized carbons (Fsp3) is 0.800. The maximum absolute atomic E-state index is 11.8. The van der Waals surface area contributed by atoms with E-state index in [4.69, 9.17) is 14.2 Å². The quantitative estimate of drug-likeness (QED) is 0.537. The largest absolute Gasteiger partial charge is 0.426 e. The molecule has 110 valence electrons. The third kappa shape index (κ3) is 1.63. The average molecular weight is 280 g/mol. The summed E-state index contributed by atoms with van der Waals surface area (Å²) in [4.78, 5) is 11.8. The van der Waals surface area contributed by atoms with Crippen molar-refractivity contribution in [2.75, 3.05) is 0 Å². The van der Waals surface area contributed by atoms with Crippen LogP contribution in [0.1, 0.15) is 46.5 Å². The van der Waals surface area contributed by atoms with Crippen LogP contribution in [0.25, 0.3) is 0 Å². The first kappa shape index (κ1) is 12.8.